The lowest BCUT2D eigenvalue weighted by atomic mass is 10.1. The van der Waals surface area contributed by atoms with Crippen molar-refractivity contribution >= 4 is 12.1 Å². The molecule has 0 aliphatic carbocycles. The highest BCUT2D eigenvalue weighted by Crippen LogP contribution is 2.19. The summed E-state index contributed by atoms with van der Waals surface area (Å²) in [5, 5.41) is 3.34. The lowest BCUT2D eigenvalue weighted by molar-refractivity contribution is 0.0914. The SMILES string of the molecule is CCNC(=NCCc1coc(-c2ccc(C)cc2)n1)N1CCN(C(=O)OCC)CC1. The third-order valence-corrected chi connectivity index (χ3v) is 4.92. The van der Waals surface area contributed by atoms with E-state index in [-0.39, 0.29) is 6.09 Å². The molecule has 0 unspecified atom stereocenters. The maximum Gasteiger partial charge on any atom is 0.409 e. The van der Waals surface area contributed by atoms with Gasteiger partial charge in [0.2, 0.25) is 5.89 Å². The topological polar surface area (TPSA) is 83.2 Å². The Labute approximate surface area is 177 Å². The zero-order valence-corrected chi connectivity index (χ0v) is 18.1. The molecule has 162 valence electrons. The number of oxazole rings is 1. The Morgan fingerprint density at radius 1 is 1.17 bits per heavy atom. The fourth-order valence-corrected chi connectivity index (χ4v) is 3.27. The molecule has 1 aromatic carbocycles. The van der Waals surface area contributed by atoms with E-state index in [4.69, 9.17) is 14.1 Å². The molecule has 2 heterocycles. The first-order valence-corrected chi connectivity index (χ1v) is 10.6. The Morgan fingerprint density at radius 2 is 1.87 bits per heavy atom. The molecule has 30 heavy (non-hydrogen) atoms. The predicted molar refractivity (Wildman–Crippen MR) is 117 cm³/mol. The van der Waals surface area contributed by atoms with Gasteiger partial charge in [0.1, 0.15) is 6.26 Å². The third-order valence-electron chi connectivity index (χ3n) is 4.92. The van der Waals surface area contributed by atoms with E-state index in [1.807, 2.05) is 31.2 Å². The monoisotopic (exact) mass is 413 g/mol. The van der Waals surface area contributed by atoms with Gasteiger partial charge in [0.05, 0.1) is 12.3 Å². The maximum atomic E-state index is 11.9. The molecule has 1 amide bonds. The molecule has 0 spiro atoms. The van der Waals surface area contributed by atoms with Crippen molar-refractivity contribution in [2.24, 2.45) is 4.99 Å². The molecule has 8 heteroatoms. The largest absolute Gasteiger partial charge is 0.450 e. The second-order valence-corrected chi connectivity index (χ2v) is 7.17. The number of carbonyl (C=O) groups is 1. The number of piperazine rings is 1. The number of amides is 1. The minimum absolute atomic E-state index is 0.241. The van der Waals surface area contributed by atoms with Crippen LogP contribution < -0.4 is 5.32 Å². The zero-order chi connectivity index (χ0) is 21.3. The van der Waals surface area contributed by atoms with Crippen molar-refractivity contribution in [1.82, 2.24) is 20.1 Å². The van der Waals surface area contributed by atoms with Gasteiger partial charge >= 0.3 is 6.09 Å². The van der Waals surface area contributed by atoms with Crippen LogP contribution in [-0.4, -0.2) is 72.7 Å². The molecule has 1 aliphatic rings. The highest BCUT2D eigenvalue weighted by Gasteiger charge is 2.23. The molecule has 0 saturated carbocycles. The number of hydrogen-bond acceptors (Lipinski definition) is 5. The number of nitrogens with one attached hydrogen (secondary N) is 1. The molecular weight excluding hydrogens is 382 g/mol. The molecule has 0 atom stereocenters. The molecule has 1 aromatic heterocycles. The number of guanidine groups is 1. The Balaban J connectivity index is 1.54. The second kappa shape index (κ2) is 10.7. The Morgan fingerprint density at radius 3 is 2.53 bits per heavy atom. The van der Waals surface area contributed by atoms with Crippen LogP contribution in [0.5, 0.6) is 0 Å². The molecule has 1 aliphatic heterocycles. The Kier molecular flexibility index (Phi) is 7.70. The number of aliphatic imine (C=N–C) groups is 1. The third kappa shape index (κ3) is 5.75. The maximum absolute atomic E-state index is 11.9. The Hall–Kier alpha value is -3.03. The summed E-state index contributed by atoms with van der Waals surface area (Å²) >= 11 is 0. The summed E-state index contributed by atoms with van der Waals surface area (Å²) in [6.07, 6.45) is 2.16. The van der Waals surface area contributed by atoms with E-state index >= 15 is 0 Å². The minimum atomic E-state index is -0.241. The highest BCUT2D eigenvalue weighted by molar-refractivity contribution is 5.80. The summed E-state index contributed by atoms with van der Waals surface area (Å²) in [6.45, 7) is 10.5. The first kappa shape index (κ1) is 21.7. The quantitative estimate of drug-likeness (QED) is 0.579. The number of ether oxygens (including phenoxy) is 1. The summed E-state index contributed by atoms with van der Waals surface area (Å²) < 4.78 is 10.7. The zero-order valence-electron chi connectivity index (χ0n) is 18.1. The van der Waals surface area contributed by atoms with Crippen LogP contribution in [0, 0.1) is 6.92 Å². The molecule has 0 bridgehead atoms. The molecule has 3 rings (SSSR count). The molecule has 2 aromatic rings. The van der Waals surface area contributed by atoms with Gasteiger partial charge in [-0.05, 0) is 32.9 Å². The van der Waals surface area contributed by atoms with Crippen molar-refractivity contribution in [3.63, 3.8) is 0 Å². The molecule has 1 fully saturated rings. The summed E-state index contributed by atoms with van der Waals surface area (Å²) in [5.41, 5.74) is 3.07. The van der Waals surface area contributed by atoms with Crippen LogP contribution >= 0.6 is 0 Å². The molecule has 1 saturated heterocycles. The van der Waals surface area contributed by atoms with Crippen molar-refractivity contribution < 1.29 is 13.9 Å². The number of aromatic nitrogens is 1. The summed E-state index contributed by atoms with van der Waals surface area (Å²) in [7, 11) is 0. The van der Waals surface area contributed by atoms with E-state index in [0.29, 0.717) is 38.6 Å². The van der Waals surface area contributed by atoms with Gasteiger partial charge in [-0.2, -0.15) is 0 Å². The van der Waals surface area contributed by atoms with E-state index in [9.17, 15) is 4.79 Å². The van der Waals surface area contributed by atoms with Crippen molar-refractivity contribution in [1.29, 1.82) is 0 Å². The molecule has 8 nitrogen and oxygen atoms in total. The van der Waals surface area contributed by atoms with Crippen LogP contribution in [0.15, 0.2) is 39.9 Å². The summed E-state index contributed by atoms with van der Waals surface area (Å²) in [4.78, 5) is 25.1. The molecule has 1 N–H and O–H groups in total. The average molecular weight is 414 g/mol. The molecule has 0 radical (unpaired) electrons. The minimum Gasteiger partial charge on any atom is -0.450 e. The normalized spacial score (nSPS) is 14.7. The van der Waals surface area contributed by atoms with Crippen LogP contribution in [0.3, 0.4) is 0 Å². The van der Waals surface area contributed by atoms with Gasteiger partial charge in [0.15, 0.2) is 5.96 Å². The van der Waals surface area contributed by atoms with E-state index in [1.54, 1.807) is 11.2 Å². The van der Waals surface area contributed by atoms with Crippen LogP contribution in [0.1, 0.15) is 25.1 Å². The number of aryl methyl sites for hydroxylation is 1. The van der Waals surface area contributed by atoms with Crippen molar-refractivity contribution in [3.8, 4) is 11.5 Å². The molecular formula is C22H31N5O3. The number of nitrogens with zero attached hydrogens (tertiary/aromatic N) is 4. The van der Waals surface area contributed by atoms with E-state index in [2.05, 4.69) is 29.0 Å². The van der Waals surface area contributed by atoms with Crippen LogP contribution in [0.2, 0.25) is 0 Å². The lowest BCUT2D eigenvalue weighted by Crippen LogP contribution is -2.54. The van der Waals surface area contributed by atoms with Gasteiger partial charge in [-0.25, -0.2) is 9.78 Å². The average Bonchev–Trinajstić information content (AvgIpc) is 3.23. The fraction of sp³-hybridized carbons (Fsp3) is 0.500. The van der Waals surface area contributed by atoms with Gasteiger partial charge in [0, 0.05) is 51.3 Å². The standard InChI is InChI=1S/C22H31N5O3/c1-4-23-21(26-12-14-27(15-13-26)22(28)29-5-2)24-11-10-19-16-30-20(25-19)18-8-6-17(3)7-9-18/h6-9,16H,4-5,10-15H2,1-3H3,(H,23,24). The summed E-state index contributed by atoms with van der Waals surface area (Å²) in [6, 6.07) is 8.13. The van der Waals surface area contributed by atoms with Gasteiger partial charge in [-0.3, -0.25) is 4.99 Å². The predicted octanol–water partition coefficient (Wildman–Crippen LogP) is 2.93. The number of hydrogen-bond donors (Lipinski definition) is 1. The second-order valence-electron chi connectivity index (χ2n) is 7.17. The summed E-state index contributed by atoms with van der Waals surface area (Å²) in [5.74, 6) is 1.50. The van der Waals surface area contributed by atoms with Crippen LogP contribution in [0.25, 0.3) is 11.5 Å². The lowest BCUT2D eigenvalue weighted by Gasteiger charge is -2.35. The van der Waals surface area contributed by atoms with E-state index < -0.39 is 0 Å². The fourth-order valence-electron chi connectivity index (χ4n) is 3.27. The number of carbonyl (C=O) groups excluding carboxylic acids is 1. The first-order valence-electron chi connectivity index (χ1n) is 10.6. The van der Waals surface area contributed by atoms with Crippen LogP contribution in [-0.2, 0) is 11.2 Å². The van der Waals surface area contributed by atoms with Crippen LogP contribution in [0.4, 0.5) is 4.79 Å². The van der Waals surface area contributed by atoms with Gasteiger partial charge in [0.25, 0.3) is 0 Å². The van der Waals surface area contributed by atoms with Crippen molar-refractivity contribution in [2.45, 2.75) is 27.2 Å². The van der Waals surface area contributed by atoms with E-state index in [0.717, 1.165) is 36.9 Å². The smallest absolute Gasteiger partial charge is 0.409 e. The number of rotatable bonds is 6. The highest BCUT2D eigenvalue weighted by atomic mass is 16.6. The Bertz CT molecular complexity index is 839. The first-order chi connectivity index (χ1) is 14.6. The van der Waals surface area contributed by atoms with Crippen molar-refractivity contribution in [3.05, 3.63) is 41.8 Å². The van der Waals surface area contributed by atoms with Crippen molar-refractivity contribution in [2.75, 3.05) is 45.9 Å². The van der Waals surface area contributed by atoms with Gasteiger partial charge < -0.3 is 24.3 Å². The van der Waals surface area contributed by atoms with Gasteiger partial charge in [-0.1, -0.05) is 17.7 Å². The van der Waals surface area contributed by atoms with Gasteiger partial charge in [-0.15, -0.1) is 0 Å². The number of benzene rings is 1. The van der Waals surface area contributed by atoms with E-state index in [1.165, 1.54) is 5.56 Å².